The van der Waals surface area contributed by atoms with Gasteiger partial charge in [0.25, 0.3) is 5.91 Å². The van der Waals surface area contributed by atoms with E-state index in [-0.39, 0.29) is 37.1 Å². The lowest BCUT2D eigenvalue weighted by Crippen LogP contribution is -2.52. The summed E-state index contributed by atoms with van der Waals surface area (Å²) in [5.41, 5.74) is 0.0703. The number of hydrogen-bond acceptors (Lipinski definition) is 8. The van der Waals surface area contributed by atoms with Crippen LogP contribution in [0, 0.1) is 0 Å². The molecule has 2 atom stereocenters. The fourth-order valence-electron chi connectivity index (χ4n) is 4.33. The fourth-order valence-corrected chi connectivity index (χ4v) is 5.38. The minimum atomic E-state index is -2.02. The quantitative estimate of drug-likeness (QED) is 0.428. The third kappa shape index (κ3) is 6.45. The number of carbonyl (C=O) groups excluding carboxylic acids is 2. The number of aliphatic hydroxyl groups is 1. The number of nitrogens with zero attached hydrogens (tertiary/aromatic N) is 2. The second-order valence-corrected chi connectivity index (χ2v) is 16.3. The molecule has 206 valence electrons. The Morgan fingerprint density at radius 3 is 2.71 bits per heavy atom. The number of carbonyl (C=O) groups is 2. The molecule has 2 amide bonds. The number of alkyl carbamates (subject to hydrolysis) is 1. The van der Waals surface area contributed by atoms with Crippen LogP contribution in [-0.4, -0.2) is 61.9 Å². The van der Waals surface area contributed by atoms with Gasteiger partial charge in [-0.05, 0) is 42.2 Å². The Labute approximate surface area is 224 Å². The van der Waals surface area contributed by atoms with Crippen molar-refractivity contribution in [2.75, 3.05) is 30.0 Å². The van der Waals surface area contributed by atoms with E-state index in [0.717, 1.165) is 5.56 Å². The molecule has 0 bridgehead atoms. The van der Waals surface area contributed by atoms with E-state index in [4.69, 9.17) is 13.9 Å². The molecule has 1 aromatic heterocycles. The molecule has 3 heterocycles. The Morgan fingerprint density at radius 2 is 2.00 bits per heavy atom. The van der Waals surface area contributed by atoms with Crippen LogP contribution in [0.4, 0.5) is 16.4 Å². The molecular weight excluding hydrogens is 504 g/mol. The van der Waals surface area contributed by atoms with Crippen LogP contribution in [0.25, 0.3) is 0 Å². The zero-order valence-electron chi connectivity index (χ0n) is 22.7. The van der Waals surface area contributed by atoms with Crippen LogP contribution >= 0.6 is 0 Å². The molecule has 38 heavy (non-hydrogen) atoms. The summed E-state index contributed by atoms with van der Waals surface area (Å²) in [6.45, 7) is 11.7. The normalized spacial score (nSPS) is 21.4. The van der Waals surface area contributed by atoms with Gasteiger partial charge in [-0.25, -0.2) is 9.78 Å². The van der Waals surface area contributed by atoms with Gasteiger partial charge in [0.15, 0.2) is 26.5 Å². The number of nitrogens with one attached hydrogen (secondary N) is 2. The van der Waals surface area contributed by atoms with Crippen molar-refractivity contribution in [1.29, 1.82) is 0 Å². The van der Waals surface area contributed by atoms with Gasteiger partial charge in [0, 0.05) is 19.6 Å². The van der Waals surface area contributed by atoms with Crippen molar-refractivity contribution < 1.29 is 28.6 Å². The number of rotatable bonds is 8. The second kappa shape index (κ2) is 10.9. The molecule has 1 saturated heterocycles. The van der Waals surface area contributed by atoms with Gasteiger partial charge in [-0.3, -0.25) is 4.79 Å². The van der Waals surface area contributed by atoms with Crippen LogP contribution in [0.2, 0.25) is 18.1 Å². The van der Waals surface area contributed by atoms with Gasteiger partial charge in [-0.1, -0.05) is 51.1 Å². The summed E-state index contributed by atoms with van der Waals surface area (Å²) in [4.78, 5) is 30.9. The minimum Gasteiger partial charge on any atom is -0.480 e. The van der Waals surface area contributed by atoms with Crippen LogP contribution in [0.15, 0.2) is 42.5 Å². The number of pyridine rings is 1. The first-order valence-electron chi connectivity index (χ1n) is 12.9. The molecule has 0 spiro atoms. The standard InChI is InChI=1S/C27H38N4O6Si/c1-26(2,3)38(4,5)37-14-13-27(30-25(34)36-16-19-9-7-6-8-10-19)15-23(33)31(18-27)21-12-11-20-24(28-21)29-22(32)17-35-20/h6-12,23,33H,13-18H2,1-5H3,(H,30,34)(H,28,29,32). The van der Waals surface area contributed by atoms with Crippen molar-refractivity contribution >= 4 is 32.0 Å². The lowest BCUT2D eigenvalue weighted by Gasteiger charge is -2.38. The number of aliphatic hydroxyl groups excluding tert-OH is 1. The maximum atomic E-state index is 12.9. The molecular formula is C27H38N4O6Si. The molecule has 1 fully saturated rings. The lowest BCUT2D eigenvalue weighted by molar-refractivity contribution is -0.118. The highest BCUT2D eigenvalue weighted by Crippen LogP contribution is 2.39. The van der Waals surface area contributed by atoms with Gasteiger partial charge in [0.05, 0.1) is 5.54 Å². The van der Waals surface area contributed by atoms with Crippen LogP contribution in [0.1, 0.15) is 39.2 Å². The van der Waals surface area contributed by atoms with Crippen molar-refractivity contribution in [1.82, 2.24) is 10.3 Å². The van der Waals surface area contributed by atoms with Gasteiger partial charge in [-0.15, -0.1) is 0 Å². The summed E-state index contributed by atoms with van der Waals surface area (Å²) in [6.07, 6.45) is -0.730. The summed E-state index contributed by atoms with van der Waals surface area (Å²) in [6, 6.07) is 12.9. The number of fused-ring (bicyclic) bond motifs is 1. The first kappa shape index (κ1) is 27.9. The number of ether oxygens (including phenoxy) is 2. The van der Waals surface area contributed by atoms with Gasteiger partial charge in [0.2, 0.25) is 0 Å². The van der Waals surface area contributed by atoms with Gasteiger partial charge >= 0.3 is 6.09 Å². The summed E-state index contributed by atoms with van der Waals surface area (Å²) < 4.78 is 17.3. The smallest absolute Gasteiger partial charge is 0.407 e. The monoisotopic (exact) mass is 542 g/mol. The minimum absolute atomic E-state index is 0.0446. The van der Waals surface area contributed by atoms with Crippen LogP contribution in [0.3, 0.4) is 0 Å². The molecule has 2 aliphatic heterocycles. The molecule has 4 rings (SSSR count). The molecule has 2 aromatic rings. The number of aromatic nitrogens is 1. The first-order valence-corrected chi connectivity index (χ1v) is 15.8. The molecule has 10 nitrogen and oxygen atoms in total. The van der Waals surface area contributed by atoms with Crippen molar-refractivity contribution in [3.8, 4) is 5.75 Å². The van der Waals surface area contributed by atoms with Gasteiger partial charge in [0.1, 0.15) is 18.7 Å². The topological polar surface area (TPSA) is 122 Å². The van der Waals surface area contributed by atoms with Crippen molar-refractivity contribution in [3.05, 3.63) is 48.0 Å². The highest BCUT2D eigenvalue weighted by Gasteiger charge is 2.46. The van der Waals surface area contributed by atoms with Crippen LogP contribution in [-0.2, 0) is 20.6 Å². The van der Waals surface area contributed by atoms with E-state index in [1.165, 1.54) is 0 Å². The average Bonchev–Trinajstić information content (AvgIpc) is 3.17. The van der Waals surface area contributed by atoms with Crippen LogP contribution in [0.5, 0.6) is 5.75 Å². The average molecular weight is 543 g/mol. The molecule has 11 heteroatoms. The van der Waals surface area contributed by atoms with Crippen LogP contribution < -0.4 is 20.3 Å². The second-order valence-electron chi connectivity index (χ2n) is 11.5. The van der Waals surface area contributed by atoms with E-state index >= 15 is 0 Å². The fraction of sp³-hybridized carbons (Fsp3) is 0.519. The number of amides is 2. The van der Waals surface area contributed by atoms with E-state index in [1.54, 1.807) is 17.0 Å². The first-order chi connectivity index (χ1) is 17.9. The summed E-state index contributed by atoms with van der Waals surface area (Å²) >= 11 is 0. The Bertz CT molecular complexity index is 1160. The zero-order valence-corrected chi connectivity index (χ0v) is 23.7. The lowest BCUT2D eigenvalue weighted by atomic mass is 9.94. The highest BCUT2D eigenvalue weighted by molar-refractivity contribution is 6.74. The number of benzene rings is 1. The Balaban J connectivity index is 1.51. The number of anilines is 2. The Morgan fingerprint density at radius 1 is 1.26 bits per heavy atom. The SMILES string of the molecule is CC(C)(C)[Si](C)(C)OCCC1(NC(=O)OCc2ccccc2)CC(O)N(c2ccc3c(n2)NC(=O)CO3)C1. The molecule has 2 aliphatic rings. The van der Waals surface area contributed by atoms with Gasteiger partial charge in [-0.2, -0.15) is 0 Å². The Hall–Kier alpha value is -3.15. The molecule has 3 N–H and O–H groups in total. The van der Waals surface area contributed by atoms with E-state index in [0.29, 0.717) is 30.4 Å². The number of hydrogen-bond donors (Lipinski definition) is 3. The molecule has 2 unspecified atom stereocenters. The predicted octanol–water partition coefficient (Wildman–Crippen LogP) is 4.02. The van der Waals surface area contributed by atoms with Crippen molar-refractivity contribution in [3.63, 3.8) is 0 Å². The van der Waals surface area contributed by atoms with E-state index in [2.05, 4.69) is 49.5 Å². The van der Waals surface area contributed by atoms with Crippen molar-refractivity contribution in [2.45, 2.75) is 70.1 Å². The molecule has 0 radical (unpaired) electrons. The maximum Gasteiger partial charge on any atom is 0.407 e. The maximum absolute atomic E-state index is 12.9. The summed E-state index contributed by atoms with van der Waals surface area (Å²) in [5.74, 6) is 0.955. The van der Waals surface area contributed by atoms with Crippen molar-refractivity contribution in [2.24, 2.45) is 0 Å². The van der Waals surface area contributed by atoms with E-state index < -0.39 is 26.2 Å². The summed E-state index contributed by atoms with van der Waals surface area (Å²) in [7, 11) is -2.02. The molecule has 1 aromatic carbocycles. The molecule has 0 saturated carbocycles. The van der Waals surface area contributed by atoms with E-state index in [9.17, 15) is 14.7 Å². The predicted molar refractivity (Wildman–Crippen MR) is 147 cm³/mol. The Kier molecular flexibility index (Phi) is 8.00. The highest BCUT2D eigenvalue weighted by atomic mass is 28.4. The third-order valence-corrected chi connectivity index (χ3v) is 12.1. The molecule has 0 aliphatic carbocycles. The van der Waals surface area contributed by atoms with Gasteiger partial charge < -0.3 is 34.5 Å². The third-order valence-electron chi connectivity index (χ3n) is 7.59. The summed E-state index contributed by atoms with van der Waals surface area (Å²) in [5, 5.41) is 16.9. The largest absolute Gasteiger partial charge is 0.480 e. The van der Waals surface area contributed by atoms with E-state index in [1.807, 2.05) is 30.3 Å². The zero-order chi connectivity index (χ0) is 27.6.